The van der Waals surface area contributed by atoms with Crippen LogP contribution in [0.1, 0.15) is 16.2 Å². The maximum Gasteiger partial charge on any atom is 0.256 e. The molecule has 0 radical (unpaired) electrons. The van der Waals surface area contributed by atoms with Gasteiger partial charge in [-0.2, -0.15) is 5.10 Å². The van der Waals surface area contributed by atoms with Crippen LogP contribution in [0.15, 0.2) is 55.1 Å². The van der Waals surface area contributed by atoms with Gasteiger partial charge in [0.25, 0.3) is 5.91 Å². The summed E-state index contributed by atoms with van der Waals surface area (Å²) in [6.45, 7) is 3.95. The number of imidazole rings is 1. The number of para-hydroxylation sites is 1. The summed E-state index contributed by atoms with van der Waals surface area (Å²) in [6.07, 6.45) is 7.36. The Labute approximate surface area is 152 Å². The molecule has 0 saturated carbocycles. The SMILES string of the molecule is Cn1ccnc1CN1CCN(C(=O)c2ccccc2-n2cccn2)CC1. The highest BCUT2D eigenvalue weighted by Gasteiger charge is 2.24. The molecule has 1 aromatic carbocycles. The van der Waals surface area contributed by atoms with E-state index in [4.69, 9.17) is 0 Å². The van der Waals surface area contributed by atoms with Crippen LogP contribution in [0.2, 0.25) is 0 Å². The molecule has 3 aromatic rings. The number of aryl methyl sites for hydroxylation is 1. The fourth-order valence-corrected chi connectivity index (χ4v) is 3.29. The Hall–Kier alpha value is -2.93. The van der Waals surface area contributed by atoms with Crippen LogP contribution in [0.5, 0.6) is 0 Å². The van der Waals surface area contributed by atoms with Crippen molar-refractivity contribution in [2.24, 2.45) is 7.05 Å². The summed E-state index contributed by atoms with van der Waals surface area (Å²) in [5.41, 5.74) is 1.51. The quantitative estimate of drug-likeness (QED) is 0.717. The molecule has 4 rings (SSSR count). The minimum Gasteiger partial charge on any atom is -0.337 e. The van der Waals surface area contributed by atoms with Crippen LogP contribution in [-0.2, 0) is 13.6 Å². The van der Waals surface area contributed by atoms with E-state index in [0.29, 0.717) is 5.56 Å². The van der Waals surface area contributed by atoms with Crippen LogP contribution in [0.3, 0.4) is 0 Å². The van der Waals surface area contributed by atoms with Crippen molar-refractivity contribution in [2.45, 2.75) is 6.54 Å². The molecule has 0 aliphatic carbocycles. The lowest BCUT2D eigenvalue weighted by Crippen LogP contribution is -2.48. The monoisotopic (exact) mass is 350 g/mol. The molecule has 134 valence electrons. The van der Waals surface area contributed by atoms with E-state index in [1.807, 2.05) is 65.4 Å². The number of carbonyl (C=O) groups excluding carboxylic acids is 1. The molecule has 26 heavy (non-hydrogen) atoms. The Morgan fingerprint density at radius 2 is 1.85 bits per heavy atom. The first-order valence-electron chi connectivity index (χ1n) is 8.79. The van der Waals surface area contributed by atoms with Crippen molar-refractivity contribution in [3.05, 3.63) is 66.5 Å². The summed E-state index contributed by atoms with van der Waals surface area (Å²) in [5.74, 6) is 1.11. The van der Waals surface area contributed by atoms with Gasteiger partial charge in [-0.15, -0.1) is 0 Å². The molecular weight excluding hydrogens is 328 g/mol. The zero-order valence-electron chi connectivity index (χ0n) is 14.8. The van der Waals surface area contributed by atoms with Gasteiger partial charge >= 0.3 is 0 Å². The first-order valence-corrected chi connectivity index (χ1v) is 8.79. The normalized spacial score (nSPS) is 15.3. The molecular formula is C19H22N6O. The lowest BCUT2D eigenvalue weighted by atomic mass is 10.1. The summed E-state index contributed by atoms with van der Waals surface area (Å²) < 4.78 is 3.78. The predicted molar refractivity (Wildman–Crippen MR) is 98.0 cm³/mol. The van der Waals surface area contributed by atoms with Gasteiger partial charge in [-0.1, -0.05) is 12.1 Å². The molecule has 7 heteroatoms. The van der Waals surface area contributed by atoms with Gasteiger partial charge in [-0.25, -0.2) is 9.67 Å². The minimum atomic E-state index is 0.0627. The molecule has 7 nitrogen and oxygen atoms in total. The third-order valence-corrected chi connectivity index (χ3v) is 4.83. The Morgan fingerprint density at radius 1 is 1.04 bits per heavy atom. The van der Waals surface area contributed by atoms with Crippen LogP contribution in [0, 0.1) is 0 Å². The topological polar surface area (TPSA) is 59.2 Å². The van der Waals surface area contributed by atoms with Crippen molar-refractivity contribution in [1.29, 1.82) is 0 Å². The van der Waals surface area contributed by atoms with Gasteiger partial charge in [0.1, 0.15) is 5.82 Å². The number of aromatic nitrogens is 4. The molecule has 3 heterocycles. The average molecular weight is 350 g/mol. The summed E-state index contributed by atoms with van der Waals surface area (Å²) >= 11 is 0. The van der Waals surface area contributed by atoms with Gasteiger partial charge in [0.05, 0.1) is 17.8 Å². The first kappa shape index (κ1) is 16.5. The van der Waals surface area contributed by atoms with Crippen LogP contribution in [0.4, 0.5) is 0 Å². The number of piperazine rings is 1. The maximum atomic E-state index is 13.0. The standard InChI is InChI=1S/C19H22N6O/c1-22-10-8-20-18(22)15-23-11-13-24(14-12-23)19(26)16-5-2-3-6-17(16)25-9-4-7-21-25/h2-10H,11-15H2,1H3. The maximum absolute atomic E-state index is 13.0. The smallest absolute Gasteiger partial charge is 0.256 e. The van der Waals surface area contributed by atoms with Crippen molar-refractivity contribution in [1.82, 2.24) is 29.1 Å². The lowest BCUT2D eigenvalue weighted by Gasteiger charge is -2.34. The molecule has 1 aliphatic heterocycles. The summed E-state index contributed by atoms with van der Waals surface area (Å²) in [6, 6.07) is 9.49. The molecule has 0 atom stereocenters. The highest BCUT2D eigenvalue weighted by Crippen LogP contribution is 2.17. The molecule has 0 spiro atoms. The van der Waals surface area contributed by atoms with E-state index in [1.165, 1.54) is 0 Å². The van der Waals surface area contributed by atoms with Gasteiger partial charge in [0.2, 0.25) is 0 Å². The van der Waals surface area contributed by atoms with E-state index in [9.17, 15) is 4.79 Å². The molecule has 1 amide bonds. The lowest BCUT2D eigenvalue weighted by molar-refractivity contribution is 0.0624. The second kappa shape index (κ2) is 7.13. The van der Waals surface area contributed by atoms with E-state index >= 15 is 0 Å². The van der Waals surface area contributed by atoms with Crippen molar-refractivity contribution in [3.8, 4) is 5.69 Å². The van der Waals surface area contributed by atoms with Crippen LogP contribution >= 0.6 is 0 Å². The molecule has 2 aromatic heterocycles. The van der Waals surface area contributed by atoms with Crippen molar-refractivity contribution >= 4 is 5.91 Å². The number of benzene rings is 1. The van der Waals surface area contributed by atoms with Gasteiger partial charge in [0, 0.05) is 58.0 Å². The van der Waals surface area contributed by atoms with Gasteiger partial charge in [-0.05, 0) is 18.2 Å². The number of amides is 1. The third-order valence-electron chi connectivity index (χ3n) is 4.83. The van der Waals surface area contributed by atoms with Gasteiger partial charge in [-0.3, -0.25) is 9.69 Å². The number of nitrogens with zero attached hydrogens (tertiary/aromatic N) is 6. The van der Waals surface area contributed by atoms with Crippen molar-refractivity contribution < 1.29 is 4.79 Å². The summed E-state index contributed by atoms with van der Waals surface area (Å²) in [4.78, 5) is 21.7. The second-order valence-corrected chi connectivity index (χ2v) is 6.49. The number of carbonyl (C=O) groups is 1. The molecule has 1 fully saturated rings. The fraction of sp³-hybridized carbons (Fsp3) is 0.316. The van der Waals surface area contributed by atoms with Crippen LogP contribution in [0.25, 0.3) is 5.69 Å². The summed E-state index contributed by atoms with van der Waals surface area (Å²) in [7, 11) is 2.01. The van der Waals surface area contributed by atoms with E-state index in [0.717, 1.165) is 44.2 Å². The fourth-order valence-electron chi connectivity index (χ4n) is 3.29. The zero-order chi connectivity index (χ0) is 17.9. The first-order chi connectivity index (χ1) is 12.7. The Bertz CT molecular complexity index is 877. The number of hydrogen-bond acceptors (Lipinski definition) is 4. The molecule has 0 bridgehead atoms. The molecule has 0 unspecified atom stereocenters. The molecule has 1 aliphatic rings. The highest BCUT2D eigenvalue weighted by molar-refractivity contribution is 5.97. The van der Waals surface area contributed by atoms with Gasteiger partial charge in [0.15, 0.2) is 0 Å². The van der Waals surface area contributed by atoms with Crippen LogP contribution < -0.4 is 0 Å². The van der Waals surface area contributed by atoms with E-state index in [2.05, 4.69) is 15.0 Å². The zero-order valence-corrected chi connectivity index (χ0v) is 14.8. The highest BCUT2D eigenvalue weighted by atomic mass is 16.2. The van der Waals surface area contributed by atoms with E-state index < -0.39 is 0 Å². The van der Waals surface area contributed by atoms with Crippen LogP contribution in [-0.4, -0.2) is 61.2 Å². The Balaban J connectivity index is 1.44. The van der Waals surface area contributed by atoms with Crippen molar-refractivity contribution in [3.63, 3.8) is 0 Å². The van der Waals surface area contributed by atoms with Gasteiger partial charge < -0.3 is 9.47 Å². The van der Waals surface area contributed by atoms with E-state index in [1.54, 1.807) is 10.9 Å². The minimum absolute atomic E-state index is 0.0627. The Kier molecular flexibility index (Phi) is 4.53. The number of rotatable bonds is 4. The van der Waals surface area contributed by atoms with Crippen molar-refractivity contribution in [2.75, 3.05) is 26.2 Å². The predicted octanol–water partition coefficient (Wildman–Crippen LogP) is 1.56. The molecule has 1 saturated heterocycles. The number of hydrogen-bond donors (Lipinski definition) is 0. The average Bonchev–Trinajstić information content (AvgIpc) is 3.34. The Morgan fingerprint density at radius 3 is 2.54 bits per heavy atom. The van der Waals surface area contributed by atoms with E-state index in [-0.39, 0.29) is 5.91 Å². The molecule has 0 N–H and O–H groups in total. The second-order valence-electron chi connectivity index (χ2n) is 6.49. The summed E-state index contributed by atoms with van der Waals surface area (Å²) in [5, 5.41) is 4.27. The third kappa shape index (κ3) is 3.25. The largest absolute Gasteiger partial charge is 0.337 e.